The number of carbonyl (C=O) groups excluding carboxylic acids is 2. The third-order valence-electron chi connectivity index (χ3n) is 15.4. The number of hydrogen-bond donors (Lipinski definition) is 4. The first-order valence-corrected chi connectivity index (χ1v) is 34.2. The summed E-state index contributed by atoms with van der Waals surface area (Å²) in [6.45, 7) is 41.0. The van der Waals surface area contributed by atoms with Gasteiger partial charge >= 0.3 is 5.97 Å². The second-order valence-electron chi connectivity index (χ2n) is 23.1. The van der Waals surface area contributed by atoms with Gasteiger partial charge in [-0.25, -0.2) is 6.57 Å². The molecule has 4 aliphatic rings. The Morgan fingerprint density at radius 2 is 0.904 bits per heavy atom. The van der Waals surface area contributed by atoms with E-state index >= 15 is 0 Å². The average molecular weight is 1380 g/mol. The van der Waals surface area contributed by atoms with E-state index in [1.807, 2.05) is 95.8 Å². The van der Waals surface area contributed by atoms with Crippen molar-refractivity contribution < 1.29 is 90.4 Å². The lowest BCUT2D eigenvalue weighted by Gasteiger charge is -2.30. The van der Waals surface area contributed by atoms with Crippen LogP contribution in [0.5, 0.6) is 0 Å². The zero-order chi connectivity index (χ0) is 70.2. The Bertz CT molecular complexity index is 1910. The number of carbonyl (C=O) groups is 2. The van der Waals surface area contributed by atoms with E-state index in [0.717, 1.165) is 19.3 Å². The highest BCUT2D eigenvalue weighted by Crippen LogP contribution is 2.41. The summed E-state index contributed by atoms with van der Waals surface area (Å²) < 4.78 is 83.6. The van der Waals surface area contributed by atoms with E-state index in [1.54, 1.807) is 28.4 Å². The lowest BCUT2D eigenvalue weighted by molar-refractivity contribution is -0.163. The summed E-state index contributed by atoms with van der Waals surface area (Å²) in [5.41, 5.74) is 0. The van der Waals surface area contributed by atoms with Crippen LogP contribution in [-0.4, -0.2) is 273 Å². The summed E-state index contributed by atoms with van der Waals surface area (Å²) in [4.78, 5) is 26.5. The van der Waals surface area contributed by atoms with E-state index in [-0.39, 0.29) is 126 Å². The summed E-state index contributed by atoms with van der Waals surface area (Å²) in [5, 5.41) is 33.4. The highest BCUT2D eigenvalue weighted by Gasteiger charge is 2.48. The van der Waals surface area contributed by atoms with Crippen molar-refractivity contribution in [2.45, 2.75) is 336 Å². The third kappa shape index (κ3) is 38.7. The molecule has 5 unspecified atom stereocenters. The fraction of sp³-hybridized carbons (Fsp3) is 0.938. The molecule has 25 atom stereocenters. The quantitative estimate of drug-likeness (QED) is 0.0123. The summed E-state index contributed by atoms with van der Waals surface area (Å²) in [7, 11) is 30.5. The van der Waals surface area contributed by atoms with Crippen molar-refractivity contribution in [1.29, 1.82) is 5.26 Å². The molecule has 0 aliphatic carbocycles. The Labute approximate surface area is 581 Å². The smallest absolute Gasteiger partial charge is 0.306 e. The molecule has 4 N–H and O–H groups in total. The van der Waals surface area contributed by atoms with Gasteiger partial charge in [0.1, 0.15) is 80.7 Å². The number of amides is 1. The number of methoxy groups -OCH3 is 4. The minimum atomic E-state index is -1.12. The van der Waals surface area contributed by atoms with Gasteiger partial charge in [-0.1, -0.05) is 77.7 Å². The topological polar surface area (TPSA) is 265 Å². The molecule has 1 amide bonds. The molecule has 0 saturated carbocycles. The molecule has 0 bridgehead atoms. The molecule has 4 aliphatic heterocycles. The summed E-state index contributed by atoms with van der Waals surface area (Å²) >= 11 is 5.08. The number of esters is 1. The van der Waals surface area contributed by atoms with Crippen LogP contribution in [0.25, 0.3) is 4.85 Å². The van der Waals surface area contributed by atoms with Crippen LogP contribution in [0, 0.1) is 17.9 Å². The van der Waals surface area contributed by atoms with Crippen LogP contribution < -0.4 is 10.6 Å². The Balaban J connectivity index is -0.000000353. The molecule has 4 rings (SSSR count). The molecule has 4 fully saturated rings. The van der Waals surface area contributed by atoms with Crippen LogP contribution in [0.4, 0.5) is 0 Å². The van der Waals surface area contributed by atoms with Crippen LogP contribution in [0.1, 0.15) is 178 Å². The molecule has 546 valence electrons. The predicted octanol–water partition coefficient (Wildman–Crippen LogP) is 8.26. The van der Waals surface area contributed by atoms with Gasteiger partial charge in [0.25, 0.3) is 0 Å². The van der Waals surface area contributed by atoms with Crippen molar-refractivity contribution in [2.75, 3.05) is 61.2 Å². The van der Waals surface area contributed by atoms with Crippen LogP contribution >= 0.6 is 20.0 Å². The van der Waals surface area contributed by atoms with Gasteiger partial charge in [-0.3, -0.25) is 9.59 Å². The van der Waals surface area contributed by atoms with Crippen molar-refractivity contribution in [2.24, 2.45) is 0 Å². The fourth-order valence-electron chi connectivity index (χ4n) is 9.15. The maximum absolute atomic E-state index is 12.0. The molecule has 0 spiro atoms. The predicted molar refractivity (Wildman–Crippen MR) is 377 cm³/mol. The van der Waals surface area contributed by atoms with Crippen LogP contribution in [0.3, 0.4) is 0 Å². The van der Waals surface area contributed by atoms with Crippen LogP contribution in [0.2, 0.25) is 0 Å². The van der Waals surface area contributed by atoms with E-state index in [1.165, 1.54) is 7.05 Å². The van der Waals surface area contributed by atoms with Gasteiger partial charge in [0, 0.05) is 97.0 Å². The number of alkyl halides is 1. The van der Waals surface area contributed by atoms with Crippen molar-refractivity contribution in [3.63, 3.8) is 0 Å². The van der Waals surface area contributed by atoms with E-state index in [2.05, 4.69) is 43.2 Å². The second-order valence-corrected chi connectivity index (χ2v) is 24.8. The van der Waals surface area contributed by atoms with Crippen molar-refractivity contribution in [3.05, 3.63) is 11.4 Å². The normalized spacial score (nSPS) is 29.4. The first-order valence-electron chi connectivity index (χ1n) is 32.0. The van der Waals surface area contributed by atoms with Crippen molar-refractivity contribution in [1.82, 2.24) is 10.6 Å². The summed E-state index contributed by atoms with van der Waals surface area (Å²) in [6, 6.07) is 0.787. The third-order valence-corrected chi connectivity index (χ3v) is 16.7. The minimum absolute atomic E-state index is 0. The number of nitrogens with one attached hydrogen (secondary N) is 2. The Kier molecular flexibility index (Phi) is 61.1. The summed E-state index contributed by atoms with van der Waals surface area (Å²) in [5.74, 6) is -0.231. The molecular formula is C65H128B4ClN4O19P. The molecule has 0 aromatic rings. The minimum Gasteiger partial charge on any atom is -0.457 e. The molecule has 4 heterocycles. The van der Waals surface area contributed by atoms with Crippen LogP contribution in [0.15, 0.2) is 0 Å². The first kappa shape index (κ1) is 101. The maximum Gasteiger partial charge on any atom is 0.306 e. The zero-order valence-electron chi connectivity index (χ0n) is 58.9. The van der Waals surface area contributed by atoms with Gasteiger partial charge in [-0.2, -0.15) is 5.26 Å². The monoisotopic (exact) mass is 1380 g/mol. The fourth-order valence-corrected chi connectivity index (χ4v) is 10.2. The molecule has 4 saturated heterocycles. The van der Waals surface area contributed by atoms with E-state index in [0.29, 0.717) is 44.0 Å². The number of aliphatic hydroxyl groups is 2. The number of hydrogen-bond acceptors (Lipinski definition) is 21. The molecule has 94 heavy (non-hydrogen) atoms. The SMILES string of the molecule is C.C.C.CC(C)NC(C)C.N#CCCCl.[B][C@@H]1O[C@H](CC)C(O)[C@@H]1O[C@H](C)[C@H](C)OC.[B][C@@H]1O[C@H](CC)C(O)[C@@H]1O[C@H](C)[C@H](C)OC.[B][C@@H]1O[C@H](CC)C(OC(=O)CCC(=O)NC)[C@@H]1O[C@H](C)[C@H](C)OC.[B][C@@H]1O[C@H](CC)C(OP(C)OCC[N+]#[C-])[C@@H]1O[C@H](C)[C@H](C)OC. The van der Waals surface area contributed by atoms with Crippen LogP contribution in [-0.2, 0) is 80.2 Å². The van der Waals surface area contributed by atoms with Gasteiger partial charge in [0.2, 0.25) is 12.5 Å². The number of aliphatic hydroxyl groups excluding tert-OH is 2. The van der Waals surface area contributed by atoms with Gasteiger partial charge in [0.05, 0.1) is 85.7 Å². The molecule has 23 nitrogen and oxygen atoms in total. The van der Waals surface area contributed by atoms with Gasteiger partial charge in [0.15, 0.2) is 14.5 Å². The molecule has 0 aromatic heterocycles. The number of ether oxygens (including phenoxy) is 13. The molecule has 29 heteroatoms. The number of halogens is 1. The van der Waals surface area contributed by atoms with Crippen molar-refractivity contribution >= 4 is 63.2 Å². The van der Waals surface area contributed by atoms with Gasteiger partial charge in [-0.15, -0.1) is 11.6 Å². The number of rotatable bonds is 32. The maximum atomic E-state index is 12.0. The average Bonchev–Trinajstić information content (AvgIpc) is 2.77. The Morgan fingerprint density at radius 1 is 0.574 bits per heavy atom. The standard InChI is InChI=1S/C16H28BNO6.C15H27BNO5P.2C11H21BO4.C6H15N.C3H4ClN.3CH4/c1-6-11-14(24-13(20)8-7-12(19)18-4)15(16(17)23-11)22-10(3)9(2)21-5;1-7-12-13(22-23(6)19-9-8-17-4)14(15(16)21-12)20-11(3)10(2)18-5;2*1-5-8-9(13)10(11(12)16-8)15-7(3)6(2)14-4;1-5(2)7-6(3)4;4-2-1-3-5;;;/h9-11,14-16H,6-8H2,1-5H3,(H,18,19);10-15H,7-9H2,1-3,5-6H3;2*6-11,13H,5H2,1-4H3;5-7H,1-4H3;1-2H2;3*1H4/t9-,10+,11+,14?,15-,16+;10-,11+,12+,13?,14-,15+,23?;2*6-,7+,8+,9?,10-,11+;;;;;/m0000...../s1. The summed E-state index contributed by atoms with van der Waals surface area (Å²) in [6.07, 6.45) is -2.55. The number of nitrogens with zero attached hydrogens (tertiary/aromatic N) is 2. The Morgan fingerprint density at radius 3 is 1.18 bits per heavy atom. The highest BCUT2D eigenvalue weighted by molar-refractivity contribution is 7.46. The molecule has 0 aromatic carbocycles. The molecule has 8 radical (unpaired) electrons. The number of nitriles is 1. The Hall–Kier alpha value is -1.78. The van der Waals surface area contributed by atoms with E-state index in [9.17, 15) is 19.8 Å². The van der Waals surface area contributed by atoms with E-state index < -0.39 is 75.0 Å². The lowest BCUT2D eigenvalue weighted by atomic mass is 9.92. The first-order chi connectivity index (χ1) is 42.8. The van der Waals surface area contributed by atoms with Gasteiger partial charge in [-0.05, 0) is 81.1 Å². The lowest BCUT2D eigenvalue weighted by Crippen LogP contribution is -2.43. The second kappa shape index (κ2) is 56.9. The highest BCUT2D eigenvalue weighted by atomic mass is 35.5. The van der Waals surface area contributed by atoms with Gasteiger partial charge < -0.3 is 96.3 Å². The largest absolute Gasteiger partial charge is 0.457 e. The van der Waals surface area contributed by atoms with Crippen molar-refractivity contribution in [3.8, 4) is 6.07 Å². The zero-order valence-corrected chi connectivity index (χ0v) is 60.6. The van der Waals surface area contributed by atoms with E-state index in [4.69, 9.17) is 125 Å². The molecular weight excluding hydrogens is 1250 g/mol.